The number of halogens is 1. The number of thiophene rings is 1. The van der Waals surface area contributed by atoms with Crippen molar-refractivity contribution in [1.82, 2.24) is 5.32 Å². The van der Waals surface area contributed by atoms with E-state index < -0.39 is 0 Å². The van der Waals surface area contributed by atoms with Crippen LogP contribution in [-0.2, 0) is 12.8 Å². The van der Waals surface area contributed by atoms with E-state index in [-0.39, 0.29) is 0 Å². The normalized spacial score (nSPS) is 17.5. The Labute approximate surface area is 84.3 Å². The summed E-state index contributed by atoms with van der Waals surface area (Å²) in [6, 6.07) is 2.33. The highest BCUT2D eigenvalue weighted by molar-refractivity contribution is 14.1. The molecule has 0 aromatic carbocycles. The van der Waals surface area contributed by atoms with Gasteiger partial charge in [0.25, 0.3) is 0 Å². The van der Waals surface area contributed by atoms with Gasteiger partial charge in [0.1, 0.15) is 0 Å². The lowest BCUT2D eigenvalue weighted by Crippen LogP contribution is -2.16. The molecule has 0 atom stereocenters. The average molecular weight is 279 g/mol. The summed E-state index contributed by atoms with van der Waals surface area (Å²) in [6.07, 6.45) is 2.44. The monoisotopic (exact) mass is 279 g/mol. The molecule has 2 heterocycles. The van der Waals surface area contributed by atoms with E-state index in [9.17, 15) is 0 Å². The molecular formula is C8H10INS. The van der Waals surface area contributed by atoms with Crippen LogP contribution in [-0.4, -0.2) is 13.1 Å². The third kappa shape index (κ3) is 1.76. The summed E-state index contributed by atoms with van der Waals surface area (Å²) in [6.45, 7) is 2.31. The van der Waals surface area contributed by atoms with Crippen LogP contribution in [0.2, 0.25) is 0 Å². The smallest absolute Gasteiger partial charge is 0.0659 e. The van der Waals surface area contributed by atoms with Crippen molar-refractivity contribution >= 4 is 33.9 Å². The zero-order chi connectivity index (χ0) is 7.68. The van der Waals surface area contributed by atoms with Gasteiger partial charge in [0.15, 0.2) is 0 Å². The highest BCUT2D eigenvalue weighted by Gasteiger charge is 2.09. The zero-order valence-corrected chi connectivity index (χ0v) is 9.17. The lowest BCUT2D eigenvalue weighted by atomic mass is 10.2. The predicted molar refractivity (Wildman–Crippen MR) is 57.3 cm³/mol. The summed E-state index contributed by atoms with van der Waals surface area (Å²) in [4.78, 5) is 1.60. The van der Waals surface area contributed by atoms with Crippen molar-refractivity contribution in [2.45, 2.75) is 12.8 Å². The second kappa shape index (κ2) is 3.41. The molecule has 0 amide bonds. The maximum atomic E-state index is 3.40. The van der Waals surface area contributed by atoms with Gasteiger partial charge in [-0.05, 0) is 60.2 Å². The predicted octanol–water partition coefficient (Wildman–Crippen LogP) is 2.04. The largest absolute Gasteiger partial charge is 0.316 e. The fourth-order valence-electron chi connectivity index (χ4n) is 1.40. The second-order valence-electron chi connectivity index (χ2n) is 2.75. The van der Waals surface area contributed by atoms with Crippen molar-refractivity contribution < 1.29 is 0 Å². The summed E-state index contributed by atoms with van der Waals surface area (Å²) in [5, 5.41) is 3.40. The third-order valence-electron chi connectivity index (χ3n) is 1.97. The number of hydrogen-bond donors (Lipinski definition) is 1. The third-order valence-corrected chi connectivity index (χ3v) is 3.96. The van der Waals surface area contributed by atoms with Crippen LogP contribution in [0.1, 0.15) is 10.4 Å². The van der Waals surface area contributed by atoms with Crippen LogP contribution in [0.5, 0.6) is 0 Å². The first-order valence-electron chi connectivity index (χ1n) is 3.84. The fraction of sp³-hybridized carbons (Fsp3) is 0.500. The highest BCUT2D eigenvalue weighted by atomic mass is 127. The van der Waals surface area contributed by atoms with Gasteiger partial charge in [-0.3, -0.25) is 0 Å². The van der Waals surface area contributed by atoms with E-state index in [2.05, 4.69) is 34.0 Å². The van der Waals surface area contributed by atoms with Crippen LogP contribution in [0.15, 0.2) is 6.07 Å². The minimum absolute atomic E-state index is 1.15. The zero-order valence-electron chi connectivity index (χ0n) is 6.19. The van der Waals surface area contributed by atoms with Crippen LogP contribution in [0, 0.1) is 2.88 Å². The number of nitrogens with one attached hydrogen (secondary N) is 1. The standard InChI is InChI=1S/C8H10INS/c9-8-5-6-1-3-10-4-2-7(6)11-8/h5,10H,1-4H2. The highest BCUT2D eigenvalue weighted by Crippen LogP contribution is 2.25. The van der Waals surface area contributed by atoms with Gasteiger partial charge < -0.3 is 5.32 Å². The minimum atomic E-state index is 1.15. The first-order chi connectivity index (χ1) is 5.36. The summed E-state index contributed by atoms with van der Waals surface area (Å²) >= 11 is 4.36. The van der Waals surface area contributed by atoms with Crippen LogP contribution in [0.3, 0.4) is 0 Å². The molecule has 0 fully saturated rings. The van der Waals surface area contributed by atoms with E-state index in [1.807, 2.05) is 11.3 Å². The first kappa shape index (κ1) is 8.01. The lowest BCUT2D eigenvalue weighted by molar-refractivity contribution is 0.712. The molecule has 0 saturated carbocycles. The Morgan fingerprint density at radius 3 is 3.09 bits per heavy atom. The Balaban J connectivity index is 2.32. The Bertz CT molecular complexity index is 233. The van der Waals surface area contributed by atoms with Gasteiger partial charge in [-0.25, -0.2) is 0 Å². The van der Waals surface area contributed by atoms with E-state index in [0.717, 1.165) is 13.1 Å². The van der Waals surface area contributed by atoms with Gasteiger partial charge in [-0.1, -0.05) is 0 Å². The molecule has 0 aliphatic carbocycles. The molecule has 0 unspecified atom stereocenters. The summed E-state index contributed by atoms with van der Waals surface area (Å²) in [7, 11) is 0. The van der Waals surface area contributed by atoms with Gasteiger partial charge in [0.05, 0.1) is 2.88 Å². The van der Waals surface area contributed by atoms with Crippen LogP contribution in [0.4, 0.5) is 0 Å². The van der Waals surface area contributed by atoms with Gasteiger partial charge >= 0.3 is 0 Å². The Morgan fingerprint density at radius 1 is 1.36 bits per heavy atom. The van der Waals surface area contributed by atoms with Crippen molar-refractivity contribution in [2.75, 3.05) is 13.1 Å². The fourth-order valence-corrected chi connectivity index (χ4v) is 3.51. The second-order valence-corrected chi connectivity index (χ2v) is 5.78. The summed E-state index contributed by atoms with van der Waals surface area (Å²) < 4.78 is 1.44. The Morgan fingerprint density at radius 2 is 2.18 bits per heavy atom. The molecule has 0 spiro atoms. The minimum Gasteiger partial charge on any atom is -0.316 e. The number of fused-ring (bicyclic) bond motifs is 1. The molecule has 1 aliphatic rings. The molecular weight excluding hydrogens is 269 g/mol. The molecule has 0 radical (unpaired) electrons. The van der Waals surface area contributed by atoms with E-state index in [0.29, 0.717) is 0 Å². The molecule has 1 N–H and O–H groups in total. The van der Waals surface area contributed by atoms with E-state index in [1.165, 1.54) is 15.7 Å². The number of rotatable bonds is 0. The molecule has 11 heavy (non-hydrogen) atoms. The molecule has 0 saturated heterocycles. The molecule has 2 rings (SSSR count). The van der Waals surface area contributed by atoms with Crippen LogP contribution >= 0.6 is 33.9 Å². The summed E-state index contributed by atoms with van der Waals surface area (Å²) in [5.41, 5.74) is 1.57. The van der Waals surface area contributed by atoms with Crippen molar-refractivity contribution in [3.63, 3.8) is 0 Å². The first-order valence-corrected chi connectivity index (χ1v) is 5.73. The maximum Gasteiger partial charge on any atom is 0.0659 e. The van der Waals surface area contributed by atoms with Gasteiger partial charge in [0.2, 0.25) is 0 Å². The van der Waals surface area contributed by atoms with Gasteiger partial charge in [0, 0.05) is 4.88 Å². The molecule has 1 nitrogen and oxygen atoms in total. The SMILES string of the molecule is Ic1cc2c(s1)CCNCC2. The average Bonchev–Trinajstić information content (AvgIpc) is 2.17. The molecule has 0 bridgehead atoms. The van der Waals surface area contributed by atoms with Gasteiger partial charge in [-0.2, -0.15) is 0 Å². The van der Waals surface area contributed by atoms with E-state index in [4.69, 9.17) is 0 Å². The molecule has 1 aromatic heterocycles. The molecule has 1 aliphatic heterocycles. The molecule has 60 valence electrons. The van der Waals surface area contributed by atoms with E-state index in [1.54, 1.807) is 10.4 Å². The lowest BCUT2D eigenvalue weighted by Gasteiger charge is -1.93. The van der Waals surface area contributed by atoms with Crippen molar-refractivity contribution in [3.8, 4) is 0 Å². The van der Waals surface area contributed by atoms with Crippen molar-refractivity contribution in [2.24, 2.45) is 0 Å². The topological polar surface area (TPSA) is 12.0 Å². The van der Waals surface area contributed by atoms with Crippen molar-refractivity contribution in [1.29, 1.82) is 0 Å². The molecule has 3 heteroatoms. The number of hydrogen-bond acceptors (Lipinski definition) is 2. The van der Waals surface area contributed by atoms with Crippen LogP contribution in [0.25, 0.3) is 0 Å². The Hall–Kier alpha value is 0.390. The van der Waals surface area contributed by atoms with Gasteiger partial charge in [-0.15, -0.1) is 11.3 Å². The van der Waals surface area contributed by atoms with E-state index >= 15 is 0 Å². The quantitative estimate of drug-likeness (QED) is 0.717. The maximum absolute atomic E-state index is 3.40. The van der Waals surface area contributed by atoms with Crippen LogP contribution < -0.4 is 5.32 Å². The summed E-state index contributed by atoms with van der Waals surface area (Å²) in [5.74, 6) is 0. The Kier molecular flexibility index (Phi) is 2.48. The molecule has 1 aromatic rings. The van der Waals surface area contributed by atoms with Crippen molar-refractivity contribution in [3.05, 3.63) is 19.4 Å².